The van der Waals surface area contributed by atoms with E-state index in [0.29, 0.717) is 6.04 Å². The average molecular weight is 386 g/mol. The summed E-state index contributed by atoms with van der Waals surface area (Å²) in [5.74, 6) is 2.40. The highest BCUT2D eigenvalue weighted by molar-refractivity contribution is 5.70. The van der Waals surface area contributed by atoms with Crippen LogP contribution in [0.25, 0.3) is 16.9 Å². The van der Waals surface area contributed by atoms with Gasteiger partial charge in [-0.1, -0.05) is 30.3 Å². The Kier molecular flexibility index (Phi) is 4.84. The zero-order valence-corrected chi connectivity index (χ0v) is 16.0. The number of rotatable bonds is 5. The van der Waals surface area contributed by atoms with Crippen molar-refractivity contribution in [3.05, 3.63) is 72.9 Å². The van der Waals surface area contributed by atoms with E-state index in [-0.39, 0.29) is 0 Å². The third-order valence-electron chi connectivity index (χ3n) is 5.07. The van der Waals surface area contributed by atoms with Crippen molar-refractivity contribution in [3.8, 4) is 22.8 Å². The number of anilines is 1. The predicted molar refractivity (Wildman–Crippen MR) is 112 cm³/mol. The lowest BCUT2D eigenvalue weighted by Gasteiger charge is -2.23. The summed E-state index contributed by atoms with van der Waals surface area (Å²) in [4.78, 5) is 4.53. The summed E-state index contributed by atoms with van der Waals surface area (Å²) >= 11 is 0. The number of imidazole rings is 1. The maximum absolute atomic E-state index is 6.14. The summed E-state index contributed by atoms with van der Waals surface area (Å²) in [6, 6.07) is 22.1. The van der Waals surface area contributed by atoms with Crippen molar-refractivity contribution in [1.29, 1.82) is 0 Å². The van der Waals surface area contributed by atoms with Gasteiger partial charge in [-0.05, 0) is 49.2 Å². The molecule has 1 aliphatic rings. The fourth-order valence-corrected chi connectivity index (χ4v) is 3.57. The highest BCUT2D eigenvalue weighted by atomic mass is 16.5. The molecule has 4 aromatic rings. The van der Waals surface area contributed by atoms with Crippen molar-refractivity contribution in [3.63, 3.8) is 0 Å². The lowest BCUT2D eigenvalue weighted by molar-refractivity contribution is 0.0903. The molecule has 2 aromatic heterocycles. The lowest BCUT2D eigenvalue weighted by Crippen LogP contribution is -2.28. The SMILES string of the molecule is c1ccc(Oc2ccccc2-c2cnc3ccc(NC4CCOCC4)nn23)cc1. The van der Waals surface area contributed by atoms with E-state index in [1.807, 2.05) is 77.4 Å². The second-order valence-corrected chi connectivity index (χ2v) is 7.07. The van der Waals surface area contributed by atoms with Gasteiger partial charge in [-0.15, -0.1) is 5.10 Å². The average Bonchev–Trinajstić information content (AvgIpc) is 3.19. The van der Waals surface area contributed by atoms with E-state index in [1.54, 1.807) is 0 Å². The molecule has 146 valence electrons. The van der Waals surface area contributed by atoms with E-state index in [2.05, 4.69) is 10.3 Å². The molecule has 0 radical (unpaired) electrons. The fourth-order valence-electron chi connectivity index (χ4n) is 3.57. The van der Waals surface area contributed by atoms with Gasteiger partial charge in [-0.3, -0.25) is 0 Å². The molecule has 1 fully saturated rings. The van der Waals surface area contributed by atoms with Gasteiger partial charge in [0.1, 0.15) is 17.3 Å². The van der Waals surface area contributed by atoms with Gasteiger partial charge in [0.2, 0.25) is 0 Å². The summed E-state index contributed by atoms with van der Waals surface area (Å²) in [6.07, 6.45) is 3.82. The second-order valence-electron chi connectivity index (χ2n) is 7.07. The number of hydrogen-bond acceptors (Lipinski definition) is 5. The molecule has 0 atom stereocenters. The van der Waals surface area contributed by atoms with Crippen molar-refractivity contribution >= 4 is 11.5 Å². The summed E-state index contributed by atoms with van der Waals surface area (Å²) in [5.41, 5.74) is 2.63. The Morgan fingerprint density at radius 1 is 0.931 bits per heavy atom. The van der Waals surface area contributed by atoms with Crippen molar-refractivity contribution in [2.75, 3.05) is 18.5 Å². The second kappa shape index (κ2) is 7.93. The molecule has 0 amide bonds. The number of para-hydroxylation sites is 2. The molecule has 2 aromatic carbocycles. The molecule has 0 unspecified atom stereocenters. The van der Waals surface area contributed by atoms with Crippen LogP contribution in [0, 0.1) is 0 Å². The summed E-state index contributed by atoms with van der Waals surface area (Å²) in [5, 5.41) is 8.33. The summed E-state index contributed by atoms with van der Waals surface area (Å²) in [6.45, 7) is 1.58. The molecule has 1 aliphatic heterocycles. The molecule has 0 bridgehead atoms. The topological polar surface area (TPSA) is 60.7 Å². The molecule has 3 heterocycles. The minimum Gasteiger partial charge on any atom is -0.457 e. The first-order chi connectivity index (χ1) is 14.4. The smallest absolute Gasteiger partial charge is 0.154 e. The van der Waals surface area contributed by atoms with E-state index >= 15 is 0 Å². The molecule has 6 nitrogen and oxygen atoms in total. The number of nitrogens with zero attached hydrogens (tertiary/aromatic N) is 3. The molecule has 0 saturated carbocycles. The Balaban J connectivity index is 1.49. The summed E-state index contributed by atoms with van der Waals surface area (Å²) in [7, 11) is 0. The van der Waals surface area contributed by atoms with Crippen LogP contribution >= 0.6 is 0 Å². The first-order valence-electron chi connectivity index (χ1n) is 9.88. The molecule has 0 spiro atoms. The van der Waals surface area contributed by atoms with Crippen LogP contribution in [-0.2, 0) is 4.74 Å². The zero-order chi connectivity index (χ0) is 19.5. The van der Waals surface area contributed by atoms with Gasteiger partial charge in [-0.2, -0.15) is 0 Å². The normalized spacial score (nSPS) is 14.8. The standard InChI is InChI=1S/C23H22N4O2/c1-2-6-18(7-3-1)29-21-9-5-4-8-19(21)20-16-24-23-11-10-22(26-27(20)23)25-17-12-14-28-15-13-17/h1-11,16-17H,12-15H2,(H,25,26). The van der Waals surface area contributed by atoms with Crippen LogP contribution in [0.4, 0.5) is 5.82 Å². The molecular weight excluding hydrogens is 364 g/mol. The number of hydrogen-bond donors (Lipinski definition) is 1. The van der Waals surface area contributed by atoms with Gasteiger partial charge in [0.15, 0.2) is 5.65 Å². The first-order valence-corrected chi connectivity index (χ1v) is 9.88. The van der Waals surface area contributed by atoms with Crippen LogP contribution in [0.1, 0.15) is 12.8 Å². The van der Waals surface area contributed by atoms with Gasteiger partial charge >= 0.3 is 0 Å². The minimum absolute atomic E-state index is 0.384. The van der Waals surface area contributed by atoms with Crippen LogP contribution in [0.5, 0.6) is 11.5 Å². The molecule has 29 heavy (non-hydrogen) atoms. The molecule has 1 N–H and O–H groups in total. The van der Waals surface area contributed by atoms with E-state index < -0.39 is 0 Å². The van der Waals surface area contributed by atoms with E-state index in [0.717, 1.165) is 60.3 Å². The van der Waals surface area contributed by atoms with Crippen LogP contribution in [0.3, 0.4) is 0 Å². The quantitative estimate of drug-likeness (QED) is 0.535. The molecular formula is C23H22N4O2. The number of fused-ring (bicyclic) bond motifs is 1. The van der Waals surface area contributed by atoms with Crippen molar-refractivity contribution in [2.24, 2.45) is 0 Å². The van der Waals surface area contributed by atoms with Gasteiger partial charge in [0.05, 0.1) is 11.9 Å². The maximum Gasteiger partial charge on any atom is 0.154 e. The minimum atomic E-state index is 0.384. The highest BCUT2D eigenvalue weighted by Crippen LogP contribution is 2.33. The van der Waals surface area contributed by atoms with Gasteiger partial charge in [0.25, 0.3) is 0 Å². The number of ether oxygens (including phenoxy) is 2. The maximum atomic E-state index is 6.14. The van der Waals surface area contributed by atoms with E-state index in [9.17, 15) is 0 Å². The Morgan fingerprint density at radius 3 is 2.59 bits per heavy atom. The Labute approximate surface area is 169 Å². The fraction of sp³-hybridized carbons (Fsp3) is 0.217. The van der Waals surface area contributed by atoms with Crippen molar-refractivity contribution < 1.29 is 9.47 Å². The monoisotopic (exact) mass is 386 g/mol. The zero-order valence-electron chi connectivity index (χ0n) is 16.0. The third-order valence-corrected chi connectivity index (χ3v) is 5.07. The Hall–Kier alpha value is -3.38. The van der Waals surface area contributed by atoms with Gasteiger partial charge < -0.3 is 14.8 Å². The summed E-state index contributed by atoms with van der Waals surface area (Å²) < 4.78 is 13.5. The van der Waals surface area contributed by atoms with Crippen LogP contribution in [0.2, 0.25) is 0 Å². The number of nitrogens with one attached hydrogen (secondary N) is 1. The third kappa shape index (κ3) is 3.79. The predicted octanol–water partition coefficient (Wildman–Crippen LogP) is 4.78. The number of benzene rings is 2. The Bertz CT molecular complexity index is 1100. The lowest BCUT2D eigenvalue weighted by atomic mass is 10.1. The Morgan fingerprint density at radius 2 is 1.72 bits per heavy atom. The molecule has 1 saturated heterocycles. The largest absolute Gasteiger partial charge is 0.457 e. The van der Waals surface area contributed by atoms with E-state index in [1.165, 1.54) is 0 Å². The van der Waals surface area contributed by atoms with Crippen LogP contribution < -0.4 is 10.1 Å². The van der Waals surface area contributed by atoms with Crippen LogP contribution in [-0.4, -0.2) is 33.9 Å². The van der Waals surface area contributed by atoms with E-state index in [4.69, 9.17) is 14.6 Å². The highest BCUT2D eigenvalue weighted by Gasteiger charge is 2.16. The number of aromatic nitrogens is 3. The molecule has 5 rings (SSSR count). The molecule has 0 aliphatic carbocycles. The van der Waals surface area contributed by atoms with Crippen LogP contribution in [0.15, 0.2) is 72.9 Å². The first kappa shape index (κ1) is 17.7. The van der Waals surface area contributed by atoms with Crippen molar-refractivity contribution in [2.45, 2.75) is 18.9 Å². The van der Waals surface area contributed by atoms with Crippen molar-refractivity contribution in [1.82, 2.24) is 14.6 Å². The van der Waals surface area contributed by atoms with Gasteiger partial charge in [0, 0.05) is 24.8 Å². The van der Waals surface area contributed by atoms with Gasteiger partial charge in [-0.25, -0.2) is 9.50 Å². The molecule has 6 heteroatoms.